The summed E-state index contributed by atoms with van der Waals surface area (Å²) in [4.78, 5) is 29.9. The number of hydrogen-bond acceptors (Lipinski definition) is 3. The zero-order valence-corrected chi connectivity index (χ0v) is 13.5. The fourth-order valence-electron chi connectivity index (χ4n) is 4.38. The van der Waals surface area contributed by atoms with Crippen molar-refractivity contribution >= 4 is 22.4 Å². The molecule has 1 aliphatic heterocycles. The largest absolute Gasteiger partial charge is 0.273 e. The summed E-state index contributed by atoms with van der Waals surface area (Å²) in [5, 5.41) is 1.47. The van der Waals surface area contributed by atoms with Crippen LogP contribution in [0.5, 0.6) is 0 Å². The Morgan fingerprint density at radius 3 is 2.33 bits per heavy atom. The van der Waals surface area contributed by atoms with Gasteiger partial charge in [-0.05, 0) is 36.6 Å². The third-order valence-corrected chi connectivity index (χ3v) is 5.60. The summed E-state index contributed by atoms with van der Waals surface area (Å²) < 4.78 is 3.35. The van der Waals surface area contributed by atoms with Gasteiger partial charge in [0.05, 0.1) is 22.9 Å². The van der Waals surface area contributed by atoms with Gasteiger partial charge in [0, 0.05) is 12.1 Å². The lowest BCUT2D eigenvalue weighted by Gasteiger charge is -2.27. The Hall–Kier alpha value is -2.40. The molecule has 3 atom stereocenters. The molecule has 0 saturated heterocycles. The van der Waals surface area contributed by atoms with Crippen LogP contribution in [-0.4, -0.2) is 14.3 Å². The molecule has 0 radical (unpaired) electrons. The van der Waals surface area contributed by atoms with Gasteiger partial charge in [-0.2, -0.15) is 0 Å². The van der Waals surface area contributed by atoms with Gasteiger partial charge in [-0.25, -0.2) is 14.3 Å². The Morgan fingerprint density at radius 1 is 0.958 bits per heavy atom. The maximum atomic E-state index is 13.0. The molecule has 5 nitrogen and oxygen atoms in total. The standard InChI is InChI=1S/C18H14ClN3O2/c19-16-6-5-10(9-20-16)14-7-11-8-15(14)22-18(24)13-4-2-1-3-12(13)17(23)21(11)22/h1-6,9,11,14-15H,7-8H2/t11-,14+,15-/m0/s1. The van der Waals surface area contributed by atoms with Crippen LogP contribution in [0.25, 0.3) is 10.8 Å². The van der Waals surface area contributed by atoms with Crippen LogP contribution in [0, 0.1) is 0 Å². The van der Waals surface area contributed by atoms with Crippen molar-refractivity contribution in [2.24, 2.45) is 0 Å². The maximum Gasteiger partial charge on any atom is 0.273 e. The Morgan fingerprint density at radius 2 is 1.67 bits per heavy atom. The third kappa shape index (κ3) is 1.73. The highest BCUT2D eigenvalue weighted by molar-refractivity contribution is 6.29. The summed E-state index contributed by atoms with van der Waals surface area (Å²) in [6.07, 6.45) is 3.45. The first-order valence-electron chi connectivity index (χ1n) is 8.02. The molecule has 2 bridgehead atoms. The highest BCUT2D eigenvalue weighted by Crippen LogP contribution is 2.51. The molecule has 2 aromatic heterocycles. The number of hydrogen-bond donors (Lipinski definition) is 0. The van der Waals surface area contributed by atoms with E-state index in [0.717, 1.165) is 18.4 Å². The van der Waals surface area contributed by atoms with Crippen molar-refractivity contribution in [2.45, 2.75) is 30.8 Å². The van der Waals surface area contributed by atoms with Gasteiger partial charge in [0.2, 0.25) is 0 Å². The molecule has 1 fully saturated rings. The molecule has 1 saturated carbocycles. The quantitative estimate of drug-likeness (QED) is 0.640. The van der Waals surface area contributed by atoms with Crippen molar-refractivity contribution in [3.63, 3.8) is 0 Å². The normalized spacial score (nSPS) is 24.5. The first-order valence-corrected chi connectivity index (χ1v) is 8.40. The van der Waals surface area contributed by atoms with E-state index in [4.69, 9.17) is 11.6 Å². The van der Waals surface area contributed by atoms with Crippen LogP contribution in [-0.2, 0) is 0 Å². The molecule has 0 spiro atoms. The topological polar surface area (TPSA) is 56.9 Å². The molecule has 3 heterocycles. The lowest BCUT2D eigenvalue weighted by atomic mass is 9.94. The van der Waals surface area contributed by atoms with Crippen molar-refractivity contribution < 1.29 is 0 Å². The van der Waals surface area contributed by atoms with E-state index in [1.54, 1.807) is 45.9 Å². The second-order valence-corrected chi connectivity index (χ2v) is 6.95. The van der Waals surface area contributed by atoms with E-state index in [1.807, 2.05) is 6.07 Å². The smallest absolute Gasteiger partial charge is 0.267 e. The number of pyridine rings is 1. The minimum Gasteiger partial charge on any atom is -0.267 e. The number of fused-ring (bicyclic) bond motifs is 6. The van der Waals surface area contributed by atoms with Crippen LogP contribution in [0.15, 0.2) is 52.2 Å². The summed E-state index contributed by atoms with van der Waals surface area (Å²) in [5.41, 5.74) is 0.931. The lowest BCUT2D eigenvalue weighted by Crippen LogP contribution is -2.40. The summed E-state index contributed by atoms with van der Waals surface area (Å²) in [5.74, 6) is 0.193. The summed E-state index contributed by atoms with van der Waals surface area (Å²) in [6, 6.07) is 10.9. The van der Waals surface area contributed by atoms with E-state index in [1.165, 1.54) is 0 Å². The second kappa shape index (κ2) is 4.80. The Bertz CT molecular complexity index is 1080. The monoisotopic (exact) mass is 339 g/mol. The van der Waals surface area contributed by atoms with Crippen LogP contribution < -0.4 is 11.1 Å². The first-order chi connectivity index (χ1) is 11.6. The second-order valence-electron chi connectivity index (χ2n) is 6.56. The molecular weight excluding hydrogens is 326 g/mol. The molecule has 3 aromatic rings. The van der Waals surface area contributed by atoms with Crippen molar-refractivity contribution in [2.75, 3.05) is 0 Å². The molecule has 120 valence electrons. The van der Waals surface area contributed by atoms with Gasteiger partial charge in [-0.15, -0.1) is 0 Å². The average Bonchev–Trinajstić information content (AvgIpc) is 3.19. The Balaban J connectivity index is 1.73. The molecule has 6 heteroatoms. The van der Waals surface area contributed by atoms with Crippen LogP contribution in [0.1, 0.15) is 36.4 Å². The van der Waals surface area contributed by atoms with Crippen molar-refractivity contribution in [1.29, 1.82) is 0 Å². The number of rotatable bonds is 1. The Labute approximate surface area is 142 Å². The van der Waals surface area contributed by atoms with E-state index in [-0.39, 0.29) is 29.1 Å². The minimum atomic E-state index is -0.0793. The van der Waals surface area contributed by atoms with Crippen LogP contribution in [0.3, 0.4) is 0 Å². The van der Waals surface area contributed by atoms with E-state index in [0.29, 0.717) is 15.9 Å². The lowest BCUT2D eigenvalue weighted by molar-refractivity contribution is 0.326. The van der Waals surface area contributed by atoms with Crippen molar-refractivity contribution in [1.82, 2.24) is 14.3 Å². The summed E-state index contributed by atoms with van der Waals surface area (Å²) >= 11 is 5.88. The predicted octanol–water partition coefficient (Wildman–Crippen LogP) is 2.89. The van der Waals surface area contributed by atoms with Gasteiger partial charge < -0.3 is 0 Å². The van der Waals surface area contributed by atoms with Gasteiger partial charge in [-0.1, -0.05) is 29.8 Å². The molecule has 0 N–H and O–H groups in total. The number of benzene rings is 1. The van der Waals surface area contributed by atoms with E-state index in [2.05, 4.69) is 4.98 Å². The zero-order chi connectivity index (χ0) is 16.4. The number of nitrogens with zero attached hydrogens (tertiary/aromatic N) is 3. The third-order valence-electron chi connectivity index (χ3n) is 5.38. The molecule has 5 rings (SSSR count). The van der Waals surface area contributed by atoms with Gasteiger partial charge in [0.1, 0.15) is 5.15 Å². The number of aromatic nitrogens is 3. The summed E-state index contributed by atoms with van der Waals surface area (Å²) in [7, 11) is 0. The maximum absolute atomic E-state index is 13.0. The molecular formula is C18H14ClN3O2. The van der Waals surface area contributed by atoms with Crippen LogP contribution >= 0.6 is 11.6 Å². The first kappa shape index (κ1) is 14.0. The fourth-order valence-corrected chi connectivity index (χ4v) is 4.49. The van der Waals surface area contributed by atoms with Crippen molar-refractivity contribution in [3.8, 4) is 0 Å². The van der Waals surface area contributed by atoms with Gasteiger partial charge in [0.25, 0.3) is 11.1 Å². The van der Waals surface area contributed by atoms with E-state index < -0.39 is 0 Å². The zero-order valence-electron chi connectivity index (χ0n) is 12.7. The van der Waals surface area contributed by atoms with Gasteiger partial charge in [-0.3, -0.25) is 9.59 Å². The predicted molar refractivity (Wildman–Crippen MR) is 91.8 cm³/mol. The molecule has 1 aliphatic carbocycles. The van der Waals surface area contributed by atoms with E-state index in [9.17, 15) is 9.59 Å². The fraction of sp³-hybridized carbons (Fsp3) is 0.278. The van der Waals surface area contributed by atoms with Crippen LogP contribution in [0.4, 0.5) is 0 Å². The molecule has 1 aromatic carbocycles. The Kier molecular flexibility index (Phi) is 2.80. The van der Waals surface area contributed by atoms with Gasteiger partial charge >= 0.3 is 0 Å². The van der Waals surface area contributed by atoms with Crippen molar-refractivity contribution in [3.05, 3.63) is 74.0 Å². The van der Waals surface area contributed by atoms with Gasteiger partial charge in [0.15, 0.2) is 0 Å². The highest BCUT2D eigenvalue weighted by Gasteiger charge is 2.46. The average molecular weight is 340 g/mol. The SMILES string of the molecule is O=c1c2ccccc2c(=O)n2n1[C@H]1C[C@H](c3ccc(Cl)nc3)[C@@H]2C1. The molecule has 0 amide bonds. The summed E-state index contributed by atoms with van der Waals surface area (Å²) in [6.45, 7) is 0. The van der Waals surface area contributed by atoms with E-state index >= 15 is 0 Å². The van der Waals surface area contributed by atoms with Crippen LogP contribution in [0.2, 0.25) is 5.15 Å². The molecule has 24 heavy (non-hydrogen) atoms. The number of halogens is 1. The minimum absolute atomic E-state index is 0.00258. The molecule has 0 unspecified atom stereocenters. The highest BCUT2D eigenvalue weighted by atomic mass is 35.5. The molecule has 2 aliphatic rings.